The summed E-state index contributed by atoms with van der Waals surface area (Å²) in [5.74, 6) is 0. The topological polar surface area (TPSA) is 36.0 Å². The van der Waals surface area contributed by atoms with E-state index in [9.17, 15) is 4.79 Å². The molecule has 0 N–H and O–H groups in total. The van der Waals surface area contributed by atoms with Gasteiger partial charge in [0.2, 0.25) is 0 Å². The molecule has 0 radical (unpaired) electrons. The highest BCUT2D eigenvalue weighted by atomic mass is 35.5. The summed E-state index contributed by atoms with van der Waals surface area (Å²) >= 11 is 6.28. The predicted molar refractivity (Wildman–Crippen MR) is 118 cm³/mol. The monoisotopic (exact) mass is 411 g/mol. The molecule has 1 aliphatic heterocycles. The Bertz CT molecular complexity index is 592. The number of carbonyl (C=O) groups excluding carboxylic acids is 1. The Balaban J connectivity index is 0.000000568. The van der Waals surface area contributed by atoms with Crippen LogP contribution in [-0.4, -0.2) is 72.7 Å². The zero-order valence-corrected chi connectivity index (χ0v) is 19.4. The molecule has 1 aromatic rings. The van der Waals surface area contributed by atoms with E-state index in [-0.39, 0.29) is 12.1 Å². The highest BCUT2D eigenvalue weighted by molar-refractivity contribution is 6.31. The lowest BCUT2D eigenvalue weighted by Crippen LogP contribution is -2.50. The van der Waals surface area contributed by atoms with Crippen molar-refractivity contribution in [1.29, 1.82) is 0 Å². The van der Waals surface area contributed by atoms with E-state index in [0.717, 1.165) is 36.8 Å². The summed E-state index contributed by atoms with van der Waals surface area (Å²) in [6.07, 6.45) is -0.224. The molecule has 1 unspecified atom stereocenters. The molecular weight excluding hydrogens is 374 g/mol. The van der Waals surface area contributed by atoms with E-state index >= 15 is 0 Å². The van der Waals surface area contributed by atoms with Crippen molar-refractivity contribution < 1.29 is 9.53 Å². The van der Waals surface area contributed by atoms with Crippen molar-refractivity contribution in [2.24, 2.45) is 0 Å². The highest BCUT2D eigenvalue weighted by Gasteiger charge is 2.28. The van der Waals surface area contributed by atoms with E-state index in [0.29, 0.717) is 13.1 Å². The second-order valence-electron chi connectivity index (χ2n) is 8.19. The Kier molecular flexibility index (Phi) is 10.3. The molecule has 1 aliphatic rings. The summed E-state index contributed by atoms with van der Waals surface area (Å²) in [5, 5.41) is 0.796. The third-order valence-electron chi connectivity index (χ3n) is 4.95. The van der Waals surface area contributed by atoms with Crippen molar-refractivity contribution in [3.8, 4) is 0 Å². The zero-order valence-electron chi connectivity index (χ0n) is 18.7. The van der Waals surface area contributed by atoms with Gasteiger partial charge in [0.25, 0.3) is 0 Å². The Hall–Kier alpha value is -1.30. The summed E-state index contributed by atoms with van der Waals surface area (Å²) < 4.78 is 5.42. The number of amides is 1. The van der Waals surface area contributed by atoms with Crippen molar-refractivity contribution in [1.82, 2.24) is 14.7 Å². The maximum absolute atomic E-state index is 12.1. The molecule has 1 saturated heterocycles. The molecular formula is C22H38ClN3O2. The molecule has 2 rings (SSSR count). The van der Waals surface area contributed by atoms with Crippen LogP contribution in [-0.2, 0) is 4.74 Å². The molecule has 1 fully saturated rings. The normalized spacial score (nSPS) is 16.4. The summed E-state index contributed by atoms with van der Waals surface area (Å²) in [5.41, 5.74) is 0.689. The van der Waals surface area contributed by atoms with E-state index in [1.165, 1.54) is 0 Å². The summed E-state index contributed by atoms with van der Waals surface area (Å²) in [6, 6.07) is 8.18. The van der Waals surface area contributed by atoms with Gasteiger partial charge >= 0.3 is 6.09 Å². The lowest BCUT2D eigenvalue weighted by molar-refractivity contribution is 0.0110. The van der Waals surface area contributed by atoms with Crippen LogP contribution in [0.1, 0.15) is 53.1 Å². The van der Waals surface area contributed by atoms with Crippen LogP contribution in [0.5, 0.6) is 0 Å². The molecule has 0 aliphatic carbocycles. The third kappa shape index (κ3) is 8.38. The number of ether oxygens (including phenoxy) is 1. The van der Waals surface area contributed by atoms with Gasteiger partial charge in [-0.25, -0.2) is 4.79 Å². The van der Waals surface area contributed by atoms with Crippen LogP contribution in [0.3, 0.4) is 0 Å². The van der Waals surface area contributed by atoms with Gasteiger partial charge in [0.1, 0.15) is 5.60 Å². The minimum absolute atomic E-state index is 0.224. The lowest BCUT2D eigenvalue weighted by atomic mass is 10.1. The molecule has 6 heteroatoms. The van der Waals surface area contributed by atoms with Gasteiger partial charge in [-0.2, -0.15) is 0 Å². The summed E-state index contributed by atoms with van der Waals surface area (Å²) in [4.78, 5) is 18.5. The van der Waals surface area contributed by atoms with Crippen LogP contribution in [0, 0.1) is 0 Å². The number of hydrogen-bond donors (Lipinski definition) is 0. The largest absolute Gasteiger partial charge is 0.444 e. The van der Waals surface area contributed by atoms with E-state index < -0.39 is 5.60 Å². The molecule has 0 aromatic heterocycles. The van der Waals surface area contributed by atoms with Crippen LogP contribution >= 0.6 is 11.6 Å². The first-order chi connectivity index (χ1) is 13.1. The molecule has 1 amide bonds. The van der Waals surface area contributed by atoms with Crippen molar-refractivity contribution in [2.75, 3.05) is 46.3 Å². The first-order valence-electron chi connectivity index (χ1n) is 10.2. The van der Waals surface area contributed by atoms with Crippen LogP contribution in [0.15, 0.2) is 24.3 Å². The van der Waals surface area contributed by atoms with Crippen LogP contribution in [0.4, 0.5) is 4.79 Å². The van der Waals surface area contributed by atoms with Crippen LogP contribution in [0.2, 0.25) is 5.02 Å². The van der Waals surface area contributed by atoms with Crippen LogP contribution < -0.4 is 0 Å². The van der Waals surface area contributed by atoms with Crippen LogP contribution in [0.25, 0.3) is 0 Å². The quantitative estimate of drug-likeness (QED) is 0.705. The fourth-order valence-electron chi connectivity index (χ4n) is 2.85. The zero-order chi connectivity index (χ0) is 21.3. The third-order valence-corrected chi connectivity index (χ3v) is 5.29. The predicted octanol–water partition coefficient (Wildman–Crippen LogP) is 4.91. The van der Waals surface area contributed by atoms with Gasteiger partial charge in [-0.3, -0.25) is 4.90 Å². The lowest BCUT2D eigenvalue weighted by Gasteiger charge is -2.38. The molecule has 0 bridgehead atoms. The molecule has 0 saturated carbocycles. The van der Waals surface area contributed by atoms with Gasteiger partial charge in [0, 0.05) is 37.2 Å². The van der Waals surface area contributed by atoms with Gasteiger partial charge in [-0.15, -0.1) is 0 Å². The number of halogens is 1. The number of piperazine rings is 1. The number of benzene rings is 1. The van der Waals surface area contributed by atoms with Crippen molar-refractivity contribution in [3.05, 3.63) is 34.9 Å². The van der Waals surface area contributed by atoms with Gasteiger partial charge in [-0.1, -0.05) is 43.6 Å². The molecule has 1 atom stereocenters. The highest BCUT2D eigenvalue weighted by Crippen LogP contribution is 2.28. The average Bonchev–Trinajstić information content (AvgIpc) is 2.66. The molecule has 160 valence electrons. The standard InChI is InChI=1S/C17H25ClN2O2.C5H13N/c1-13(14-7-5-6-8-15(14)18)19-9-11-20(12-10-19)16(21)22-17(2,3)4;1-4-6(3)5-2/h5-8,13H,9-12H2,1-4H3;4-5H2,1-3H3. The maximum atomic E-state index is 12.1. The molecule has 0 spiro atoms. The van der Waals surface area contributed by atoms with E-state index in [1.54, 1.807) is 4.90 Å². The first kappa shape index (κ1) is 24.7. The summed E-state index contributed by atoms with van der Waals surface area (Å²) in [7, 11) is 2.11. The van der Waals surface area contributed by atoms with Gasteiger partial charge in [0.05, 0.1) is 0 Å². The second kappa shape index (κ2) is 11.6. The number of nitrogens with zero attached hydrogens (tertiary/aromatic N) is 3. The molecule has 28 heavy (non-hydrogen) atoms. The molecule has 1 aromatic carbocycles. The fraction of sp³-hybridized carbons (Fsp3) is 0.682. The first-order valence-corrected chi connectivity index (χ1v) is 10.6. The van der Waals surface area contributed by atoms with E-state index in [1.807, 2.05) is 39.0 Å². The second-order valence-corrected chi connectivity index (χ2v) is 8.60. The Labute approximate surface area is 176 Å². The van der Waals surface area contributed by atoms with E-state index in [4.69, 9.17) is 16.3 Å². The SMILES string of the molecule is CC(c1ccccc1Cl)N1CCN(C(=O)OC(C)(C)C)CC1.CCN(C)CC. The van der Waals surface area contributed by atoms with Gasteiger partial charge < -0.3 is 14.5 Å². The van der Waals surface area contributed by atoms with E-state index in [2.05, 4.69) is 43.7 Å². The maximum Gasteiger partial charge on any atom is 0.410 e. The number of hydrogen-bond acceptors (Lipinski definition) is 4. The van der Waals surface area contributed by atoms with Crippen molar-refractivity contribution in [2.45, 2.75) is 53.2 Å². The minimum atomic E-state index is -0.445. The van der Waals surface area contributed by atoms with Crippen molar-refractivity contribution in [3.63, 3.8) is 0 Å². The molecule has 5 nitrogen and oxygen atoms in total. The fourth-order valence-corrected chi connectivity index (χ4v) is 3.15. The molecule has 1 heterocycles. The van der Waals surface area contributed by atoms with Gasteiger partial charge in [-0.05, 0) is 59.5 Å². The summed E-state index contributed by atoms with van der Waals surface area (Å²) in [6.45, 7) is 17.5. The average molecular weight is 412 g/mol. The van der Waals surface area contributed by atoms with Crippen molar-refractivity contribution >= 4 is 17.7 Å². The van der Waals surface area contributed by atoms with Gasteiger partial charge in [0.15, 0.2) is 0 Å². The smallest absolute Gasteiger partial charge is 0.410 e. The number of rotatable bonds is 4. The Morgan fingerprint density at radius 2 is 1.68 bits per heavy atom. The number of carbonyl (C=O) groups is 1. The Morgan fingerprint density at radius 1 is 1.14 bits per heavy atom. The Morgan fingerprint density at radius 3 is 2.11 bits per heavy atom. The minimum Gasteiger partial charge on any atom is -0.444 e.